The number of halogens is 1. The van der Waals surface area contributed by atoms with Gasteiger partial charge >= 0.3 is 0 Å². The average Bonchev–Trinajstić information content (AvgIpc) is 2.45. The van der Waals surface area contributed by atoms with E-state index >= 15 is 0 Å². The molecule has 2 aromatic carbocycles. The molecule has 0 bridgehead atoms. The first-order valence-corrected chi connectivity index (χ1v) is 6.27. The molecule has 1 unspecified atom stereocenters. The predicted molar refractivity (Wildman–Crippen MR) is 74.5 cm³/mol. The monoisotopic (exact) mass is 270 g/mol. The highest BCUT2D eigenvalue weighted by Gasteiger charge is 2.08. The molecule has 0 aromatic heterocycles. The number of benzene rings is 2. The lowest BCUT2D eigenvalue weighted by Crippen LogP contribution is -2.07. The summed E-state index contributed by atoms with van der Waals surface area (Å²) in [5, 5.41) is 8.81. The molecule has 0 fully saturated rings. The van der Waals surface area contributed by atoms with Crippen LogP contribution in [0.1, 0.15) is 29.7 Å². The van der Waals surface area contributed by atoms with Crippen LogP contribution in [0, 0.1) is 17.1 Å². The van der Waals surface area contributed by atoms with Crippen LogP contribution in [-0.4, -0.2) is 0 Å². The van der Waals surface area contributed by atoms with Gasteiger partial charge in [0.15, 0.2) is 0 Å². The number of rotatable bonds is 4. The zero-order valence-electron chi connectivity index (χ0n) is 11.1. The highest BCUT2D eigenvalue weighted by atomic mass is 19.1. The third kappa shape index (κ3) is 3.34. The third-order valence-electron chi connectivity index (χ3n) is 2.92. The van der Waals surface area contributed by atoms with E-state index in [1.807, 2.05) is 6.07 Å². The fraction of sp³-hybridized carbons (Fsp3) is 0.188. The summed E-state index contributed by atoms with van der Waals surface area (Å²) in [4.78, 5) is 0. The van der Waals surface area contributed by atoms with Crippen LogP contribution in [0.15, 0.2) is 42.5 Å². The van der Waals surface area contributed by atoms with Crippen LogP contribution in [0.3, 0.4) is 0 Å². The van der Waals surface area contributed by atoms with Gasteiger partial charge in [0.25, 0.3) is 0 Å². The van der Waals surface area contributed by atoms with Crippen molar-refractivity contribution in [2.45, 2.75) is 19.6 Å². The van der Waals surface area contributed by atoms with Gasteiger partial charge in [-0.1, -0.05) is 18.2 Å². The lowest BCUT2D eigenvalue weighted by Gasteiger charge is -2.10. The zero-order chi connectivity index (χ0) is 14.5. The Morgan fingerprint density at radius 3 is 2.75 bits per heavy atom. The molecule has 0 radical (unpaired) electrons. The van der Waals surface area contributed by atoms with Gasteiger partial charge in [-0.25, -0.2) is 4.39 Å². The topological polar surface area (TPSA) is 59.0 Å². The van der Waals surface area contributed by atoms with Gasteiger partial charge < -0.3 is 10.5 Å². The van der Waals surface area contributed by atoms with Gasteiger partial charge in [-0.2, -0.15) is 5.26 Å². The predicted octanol–water partition coefficient (Wildman–Crippen LogP) is 3.30. The van der Waals surface area contributed by atoms with Crippen LogP contribution in [-0.2, 0) is 6.61 Å². The first-order chi connectivity index (χ1) is 9.60. The van der Waals surface area contributed by atoms with E-state index in [2.05, 4.69) is 6.07 Å². The van der Waals surface area contributed by atoms with Gasteiger partial charge in [0.1, 0.15) is 18.2 Å². The van der Waals surface area contributed by atoms with E-state index in [9.17, 15) is 4.39 Å². The molecule has 2 rings (SSSR count). The standard InChI is InChI=1S/C16H15FN2O/c1-11(19)15-6-5-14(8-16(15)17)20-10-13-4-2-3-12(7-13)9-18/h2-8,11H,10,19H2,1H3. The first-order valence-electron chi connectivity index (χ1n) is 6.27. The minimum atomic E-state index is -0.372. The highest BCUT2D eigenvalue weighted by Crippen LogP contribution is 2.21. The summed E-state index contributed by atoms with van der Waals surface area (Å²) in [6.45, 7) is 2.01. The fourth-order valence-corrected chi connectivity index (χ4v) is 1.86. The molecular weight excluding hydrogens is 255 g/mol. The molecule has 2 aromatic rings. The van der Waals surface area contributed by atoms with Crippen molar-refractivity contribution < 1.29 is 9.13 Å². The van der Waals surface area contributed by atoms with Gasteiger partial charge in [0, 0.05) is 17.7 Å². The van der Waals surface area contributed by atoms with Crippen molar-refractivity contribution >= 4 is 0 Å². The second-order valence-corrected chi connectivity index (χ2v) is 4.57. The first kappa shape index (κ1) is 14.0. The Hall–Kier alpha value is -2.38. The van der Waals surface area contributed by atoms with Crippen molar-refractivity contribution in [1.29, 1.82) is 5.26 Å². The molecule has 1 atom stereocenters. The molecular formula is C16H15FN2O. The summed E-state index contributed by atoms with van der Waals surface area (Å²) in [5.41, 5.74) is 7.55. The number of nitrogens with two attached hydrogens (primary N) is 1. The molecule has 0 spiro atoms. The average molecular weight is 270 g/mol. The van der Waals surface area contributed by atoms with Crippen LogP contribution < -0.4 is 10.5 Å². The van der Waals surface area contributed by atoms with Crippen LogP contribution >= 0.6 is 0 Å². The molecule has 0 saturated heterocycles. The third-order valence-corrected chi connectivity index (χ3v) is 2.92. The second-order valence-electron chi connectivity index (χ2n) is 4.57. The van der Waals surface area contributed by atoms with Crippen LogP contribution in [0.5, 0.6) is 5.75 Å². The summed E-state index contributed by atoms with van der Waals surface area (Å²) in [5.74, 6) is 0.0672. The Balaban J connectivity index is 2.07. The van der Waals surface area contributed by atoms with E-state index in [0.29, 0.717) is 16.9 Å². The number of nitriles is 1. The van der Waals surface area contributed by atoms with E-state index in [0.717, 1.165) is 5.56 Å². The van der Waals surface area contributed by atoms with Gasteiger partial charge in [-0.05, 0) is 30.7 Å². The number of ether oxygens (including phenoxy) is 1. The molecule has 3 nitrogen and oxygen atoms in total. The maximum absolute atomic E-state index is 13.7. The SMILES string of the molecule is CC(N)c1ccc(OCc2cccc(C#N)c2)cc1F. The second kappa shape index (κ2) is 6.18. The van der Waals surface area contributed by atoms with E-state index in [1.54, 1.807) is 37.3 Å². The van der Waals surface area contributed by atoms with Gasteiger partial charge in [-0.3, -0.25) is 0 Å². The molecule has 0 aliphatic carbocycles. The molecule has 2 N–H and O–H groups in total. The molecule has 0 heterocycles. The smallest absolute Gasteiger partial charge is 0.131 e. The lowest BCUT2D eigenvalue weighted by atomic mass is 10.1. The highest BCUT2D eigenvalue weighted by molar-refractivity contribution is 5.34. The summed E-state index contributed by atoms with van der Waals surface area (Å²) in [6.07, 6.45) is 0. The Morgan fingerprint density at radius 2 is 2.10 bits per heavy atom. The molecule has 0 amide bonds. The summed E-state index contributed by atoms with van der Waals surface area (Å²) in [6, 6.07) is 13.5. The molecule has 0 aliphatic rings. The van der Waals surface area contributed by atoms with Crippen LogP contribution in [0.2, 0.25) is 0 Å². The fourth-order valence-electron chi connectivity index (χ4n) is 1.86. The lowest BCUT2D eigenvalue weighted by molar-refractivity contribution is 0.304. The van der Waals surface area contributed by atoms with Crippen molar-refractivity contribution in [3.8, 4) is 11.8 Å². The van der Waals surface area contributed by atoms with Crippen LogP contribution in [0.4, 0.5) is 4.39 Å². The number of nitrogens with zero attached hydrogens (tertiary/aromatic N) is 1. The Morgan fingerprint density at radius 1 is 1.30 bits per heavy atom. The van der Waals surface area contributed by atoms with Crippen molar-refractivity contribution in [2.24, 2.45) is 5.73 Å². The Bertz CT molecular complexity index is 647. The summed E-state index contributed by atoms with van der Waals surface area (Å²) in [7, 11) is 0. The van der Waals surface area contributed by atoms with Crippen LogP contribution in [0.25, 0.3) is 0 Å². The van der Waals surface area contributed by atoms with Crippen molar-refractivity contribution in [3.05, 3.63) is 65.0 Å². The van der Waals surface area contributed by atoms with Crippen molar-refractivity contribution in [2.75, 3.05) is 0 Å². The minimum absolute atomic E-state index is 0.284. The number of hydrogen-bond acceptors (Lipinski definition) is 3. The number of hydrogen-bond donors (Lipinski definition) is 1. The van der Waals surface area contributed by atoms with E-state index in [-0.39, 0.29) is 18.5 Å². The molecule has 0 saturated carbocycles. The van der Waals surface area contributed by atoms with E-state index < -0.39 is 0 Å². The molecule has 20 heavy (non-hydrogen) atoms. The van der Waals surface area contributed by atoms with Gasteiger partial charge in [-0.15, -0.1) is 0 Å². The van der Waals surface area contributed by atoms with Crippen molar-refractivity contribution in [1.82, 2.24) is 0 Å². The van der Waals surface area contributed by atoms with E-state index in [4.69, 9.17) is 15.7 Å². The summed E-state index contributed by atoms with van der Waals surface area (Å²) < 4.78 is 19.3. The largest absolute Gasteiger partial charge is 0.489 e. The zero-order valence-corrected chi connectivity index (χ0v) is 11.1. The van der Waals surface area contributed by atoms with E-state index in [1.165, 1.54) is 6.07 Å². The van der Waals surface area contributed by atoms with Gasteiger partial charge in [0.2, 0.25) is 0 Å². The van der Waals surface area contributed by atoms with Crippen molar-refractivity contribution in [3.63, 3.8) is 0 Å². The minimum Gasteiger partial charge on any atom is -0.489 e. The maximum Gasteiger partial charge on any atom is 0.131 e. The Labute approximate surface area is 117 Å². The maximum atomic E-state index is 13.7. The normalized spacial score (nSPS) is 11.7. The quantitative estimate of drug-likeness (QED) is 0.927. The molecule has 4 heteroatoms. The molecule has 102 valence electrons. The van der Waals surface area contributed by atoms with Gasteiger partial charge in [0.05, 0.1) is 11.6 Å². The molecule has 0 aliphatic heterocycles. The Kier molecular flexibility index (Phi) is 4.34. The summed E-state index contributed by atoms with van der Waals surface area (Å²) >= 11 is 0.